The minimum Gasteiger partial charge on any atom is -0.496 e. The molecule has 0 saturated heterocycles. The van der Waals surface area contributed by atoms with Gasteiger partial charge in [-0.1, -0.05) is 0 Å². The molecule has 5 heteroatoms. The number of aldehydes is 1. The van der Waals surface area contributed by atoms with E-state index in [4.69, 9.17) is 9.72 Å². The lowest BCUT2D eigenvalue weighted by atomic mass is 9.95. The molecule has 0 bridgehead atoms. The summed E-state index contributed by atoms with van der Waals surface area (Å²) in [5.41, 5.74) is 4.51. The number of benzene rings is 1. The van der Waals surface area contributed by atoms with E-state index < -0.39 is 0 Å². The Morgan fingerprint density at radius 1 is 1.33 bits per heavy atom. The van der Waals surface area contributed by atoms with Crippen LogP contribution in [0.3, 0.4) is 0 Å². The molecule has 1 heterocycles. The highest BCUT2D eigenvalue weighted by atomic mass is 32.2. The Balaban J connectivity index is 1.87. The Kier molecular flexibility index (Phi) is 5.17. The highest BCUT2D eigenvalue weighted by molar-refractivity contribution is 7.98. The predicted octanol–water partition coefficient (Wildman–Crippen LogP) is 3.95. The summed E-state index contributed by atoms with van der Waals surface area (Å²) in [6.45, 7) is 0. The zero-order valence-corrected chi connectivity index (χ0v) is 14.4. The molecule has 1 aliphatic rings. The molecule has 0 saturated carbocycles. The number of rotatable bonds is 5. The van der Waals surface area contributed by atoms with Crippen molar-refractivity contribution in [3.63, 3.8) is 0 Å². The van der Waals surface area contributed by atoms with Crippen molar-refractivity contribution in [1.29, 1.82) is 5.26 Å². The monoisotopic (exact) mass is 338 g/mol. The van der Waals surface area contributed by atoms with Crippen LogP contribution in [0.2, 0.25) is 0 Å². The van der Waals surface area contributed by atoms with E-state index in [2.05, 4.69) is 6.07 Å². The molecule has 1 aliphatic carbocycles. The summed E-state index contributed by atoms with van der Waals surface area (Å²) in [5.74, 6) is 1.34. The van der Waals surface area contributed by atoms with Gasteiger partial charge in [0.15, 0.2) is 0 Å². The minimum atomic E-state index is 0.602. The van der Waals surface area contributed by atoms with E-state index in [9.17, 15) is 10.1 Å². The number of carbonyl (C=O) groups is 1. The van der Waals surface area contributed by atoms with Gasteiger partial charge in [0.1, 0.15) is 23.1 Å². The molecule has 0 spiro atoms. The van der Waals surface area contributed by atoms with Crippen LogP contribution in [-0.2, 0) is 18.6 Å². The van der Waals surface area contributed by atoms with Gasteiger partial charge in [0.05, 0.1) is 12.7 Å². The van der Waals surface area contributed by atoms with E-state index in [0.717, 1.165) is 47.6 Å². The number of ether oxygens (including phenoxy) is 1. The molecule has 24 heavy (non-hydrogen) atoms. The van der Waals surface area contributed by atoms with Crippen molar-refractivity contribution in [2.24, 2.45) is 0 Å². The Labute approximate surface area is 145 Å². The largest absolute Gasteiger partial charge is 0.496 e. The van der Waals surface area contributed by atoms with Crippen LogP contribution in [0.15, 0.2) is 29.3 Å². The summed E-state index contributed by atoms with van der Waals surface area (Å²) < 4.78 is 5.37. The number of aryl methyl sites for hydroxylation is 2. The Hall–Kier alpha value is -2.32. The molecule has 0 amide bonds. The average molecular weight is 338 g/mol. The molecule has 4 nitrogen and oxygen atoms in total. The summed E-state index contributed by atoms with van der Waals surface area (Å²) >= 11 is 1.52. The molecule has 1 aromatic heterocycles. The number of pyridine rings is 1. The Morgan fingerprint density at radius 3 is 2.92 bits per heavy atom. The number of hydrogen-bond acceptors (Lipinski definition) is 5. The van der Waals surface area contributed by atoms with E-state index in [-0.39, 0.29) is 0 Å². The van der Waals surface area contributed by atoms with Gasteiger partial charge in [-0.25, -0.2) is 4.98 Å². The molecule has 0 unspecified atom stereocenters. The molecule has 3 rings (SSSR count). The van der Waals surface area contributed by atoms with Gasteiger partial charge in [-0.3, -0.25) is 4.79 Å². The summed E-state index contributed by atoms with van der Waals surface area (Å²) in [4.78, 5) is 15.7. The maximum atomic E-state index is 11.0. The summed E-state index contributed by atoms with van der Waals surface area (Å²) in [5, 5.41) is 10.2. The van der Waals surface area contributed by atoms with Gasteiger partial charge in [-0.05, 0) is 55.5 Å². The van der Waals surface area contributed by atoms with Crippen LogP contribution in [0.4, 0.5) is 0 Å². The fourth-order valence-corrected chi connectivity index (χ4v) is 3.89. The van der Waals surface area contributed by atoms with Gasteiger partial charge in [-0.15, -0.1) is 11.8 Å². The molecule has 122 valence electrons. The molecular formula is C19H18N2O2S. The van der Waals surface area contributed by atoms with Crippen LogP contribution in [0, 0.1) is 11.3 Å². The summed E-state index contributed by atoms with van der Waals surface area (Å²) in [7, 11) is 1.61. The third-order valence-electron chi connectivity index (χ3n) is 4.19. The first-order chi connectivity index (χ1) is 11.7. The fraction of sp³-hybridized carbons (Fsp3) is 0.316. The van der Waals surface area contributed by atoms with Crippen LogP contribution in [-0.4, -0.2) is 18.4 Å². The number of aromatic nitrogens is 1. The SMILES string of the molecule is COc1ccc(C=O)cc1CSc1nc2c(cc1C#N)CCCC2. The van der Waals surface area contributed by atoms with Crippen LogP contribution < -0.4 is 4.74 Å². The number of nitrogens with zero attached hydrogens (tertiary/aromatic N) is 2. The Bertz CT molecular complexity index is 812. The lowest BCUT2D eigenvalue weighted by Crippen LogP contribution is -2.07. The smallest absolute Gasteiger partial charge is 0.150 e. The van der Waals surface area contributed by atoms with Gasteiger partial charge < -0.3 is 4.74 Å². The lowest BCUT2D eigenvalue weighted by molar-refractivity contribution is 0.112. The van der Waals surface area contributed by atoms with E-state index in [0.29, 0.717) is 16.9 Å². The average Bonchev–Trinajstić information content (AvgIpc) is 2.65. The second kappa shape index (κ2) is 7.50. The lowest BCUT2D eigenvalue weighted by Gasteiger charge is -2.16. The second-order valence-electron chi connectivity index (χ2n) is 5.74. The van der Waals surface area contributed by atoms with Gasteiger partial charge in [-0.2, -0.15) is 5.26 Å². The zero-order chi connectivity index (χ0) is 16.9. The normalized spacial score (nSPS) is 13.0. The number of hydrogen-bond donors (Lipinski definition) is 0. The van der Waals surface area contributed by atoms with Crippen molar-refractivity contribution >= 4 is 18.0 Å². The molecule has 2 aromatic rings. The molecule has 0 radical (unpaired) electrons. The number of methoxy groups -OCH3 is 1. The molecule has 0 aliphatic heterocycles. The van der Waals surface area contributed by atoms with Crippen molar-refractivity contribution in [2.45, 2.75) is 36.5 Å². The van der Waals surface area contributed by atoms with Crippen molar-refractivity contribution < 1.29 is 9.53 Å². The summed E-state index contributed by atoms with van der Waals surface area (Å²) in [6, 6.07) is 9.60. The van der Waals surface area contributed by atoms with Gasteiger partial charge >= 0.3 is 0 Å². The third kappa shape index (κ3) is 3.44. The minimum absolute atomic E-state index is 0.602. The van der Waals surface area contributed by atoms with Crippen molar-refractivity contribution in [3.05, 3.63) is 52.2 Å². The number of carbonyl (C=O) groups excluding carboxylic acids is 1. The number of fused-ring (bicyclic) bond motifs is 1. The van der Waals surface area contributed by atoms with Crippen molar-refractivity contribution in [3.8, 4) is 11.8 Å². The maximum Gasteiger partial charge on any atom is 0.150 e. The first-order valence-electron chi connectivity index (χ1n) is 7.93. The number of nitriles is 1. The summed E-state index contributed by atoms with van der Waals surface area (Å²) in [6.07, 6.45) is 5.15. The molecule has 0 fully saturated rings. The Morgan fingerprint density at radius 2 is 2.17 bits per heavy atom. The van der Waals surface area contributed by atoms with Gasteiger partial charge in [0.2, 0.25) is 0 Å². The fourth-order valence-electron chi connectivity index (χ4n) is 2.94. The molecular weight excluding hydrogens is 320 g/mol. The maximum absolute atomic E-state index is 11.0. The highest BCUT2D eigenvalue weighted by Crippen LogP contribution is 2.31. The predicted molar refractivity (Wildman–Crippen MR) is 93.5 cm³/mol. The molecule has 1 aromatic carbocycles. The van der Waals surface area contributed by atoms with E-state index in [1.54, 1.807) is 19.2 Å². The zero-order valence-electron chi connectivity index (χ0n) is 13.5. The van der Waals surface area contributed by atoms with Crippen molar-refractivity contribution in [2.75, 3.05) is 7.11 Å². The third-order valence-corrected chi connectivity index (χ3v) is 5.23. The van der Waals surface area contributed by atoms with E-state index >= 15 is 0 Å². The first-order valence-corrected chi connectivity index (χ1v) is 8.91. The topological polar surface area (TPSA) is 63.0 Å². The van der Waals surface area contributed by atoms with Crippen LogP contribution in [0.25, 0.3) is 0 Å². The number of thioether (sulfide) groups is 1. The van der Waals surface area contributed by atoms with Gasteiger partial charge in [0.25, 0.3) is 0 Å². The van der Waals surface area contributed by atoms with Gasteiger partial charge in [0, 0.05) is 22.6 Å². The van der Waals surface area contributed by atoms with E-state index in [1.807, 2.05) is 12.1 Å². The standard InChI is InChI=1S/C19H18N2O2S/c1-23-18-7-6-13(11-22)8-16(18)12-24-19-15(10-20)9-14-4-2-3-5-17(14)21-19/h6-9,11H,2-5,12H2,1H3. The highest BCUT2D eigenvalue weighted by Gasteiger charge is 2.16. The van der Waals surface area contributed by atoms with Crippen molar-refractivity contribution in [1.82, 2.24) is 4.98 Å². The van der Waals surface area contributed by atoms with Crippen LogP contribution in [0.1, 0.15) is 45.6 Å². The first kappa shape index (κ1) is 16.5. The molecule has 0 N–H and O–H groups in total. The molecule has 0 atom stereocenters. The quantitative estimate of drug-likeness (QED) is 0.610. The second-order valence-corrected chi connectivity index (χ2v) is 6.71. The van der Waals surface area contributed by atoms with Crippen LogP contribution in [0.5, 0.6) is 5.75 Å². The van der Waals surface area contributed by atoms with E-state index in [1.165, 1.54) is 23.7 Å². The van der Waals surface area contributed by atoms with Crippen LogP contribution >= 0.6 is 11.8 Å².